The first-order valence-electron chi connectivity index (χ1n) is 6.75. The molecule has 3 nitrogen and oxygen atoms in total. The Kier molecular flexibility index (Phi) is 4.37. The number of hydrogen-bond donors (Lipinski definition) is 1. The maximum absolute atomic E-state index is 12.5. The van der Waals surface area contributed by atoms with E-state index in [1.807, 2.05) is 24.3 Å². The van der Waals surface area contributed by atoms with Gasteiger partial charge in [0.2, 0.25) is 0 Å². The standard InChI is InChI=1S/C15H21NO2/c1-2-10-18-14-9-4-3-6-12(14)15(17)11-7-5-8-13(11)16/h3-4,6,9,11,13H,2,5,7-8,10,16H2,1H3. The minimum Gasteiger partial charge on any atom is -0.493 e. The summed E-state index contributed by atoms with van der Waals surface area (Å²) in [5.41, 5.74) is 6.69. The van der Waals surface area contributed by atoms with Gasteiger partial charge in [-0.2, -0.15) is 0 Å². The summed E-state index contributed by atoms with van der Waals surface area (Å²) in [6.07, 6.45) is 3.84. The normalized spacial score (nSPS) is 23.0. The number of nitrogens with two attached hydrogens (primary N) is 1. The predicted molar refractivity (Wildman–Crippen MR) is 71.9 cm³/mol. The molecule has 1 aromatic rings. The first-order valence-corrected chi connectivity index (χ1v) is 6.75. The summed E-state index contributed by atoms with van der Waals surface area (Å²) < 4.78 is 5.64. The second-order valence-electron chi connectivity index (χ2n) is 4.91. The predicted octanol–water partition coefficient (Wildman–Crippen LogP) is 2.79. The Morgan fingerprint density at radius 1 is 1.39 bits per heavy atom. The summed E-state index contributed by atoms with van der Waals surface area (Å²) in [6.45, 7) is 2.69. The van der Waals surface area contributed by atoms with Gasteiger partial charge in [0.05, 0.1) is 12.2 Å². The Morgan fingerprint density at radius 3 is 2.83 bits per heavy atom. The number of ketones is 1. The molecule has 0 radical (unpaired) electrons. The van der Waals surface area contributed by atoms with Crippen LogP contribution in [0.3, 0.4) is 0 Å². The van der Waals surface area contributed by atoms with E-state index in [4.69, 9.17) is 10.5 Å². The fourth-order valence-electron chi connectivity index (χ4n) is 2.52. The van der Waals surface area contributed by atoms with Crippen LogP contribution in [0.4, 0.5) is 0 Å². The molecule has 1 aliphatic carbocycles. The molecule has 1 saturated carbocycles. The van der Waals surface area contributed by atoms with Crippen molar-refractivity contribution in [2.24, 2.45) is 11.7 Å². The summed E-state index contributed by atoms with van der Waals surface area (Å²) in [6, 6.07) is 7.50. The van der Waals surface area contributed by atoms with Gasteiger partial charge in [-0.1, -0.05) is 25.5 Å². The molecule has 1 aromatic carbocycles. The molecular formula is C15H21NO2. The zero-order valence-corrected chi connectivity index (χ0v) is 10.9. The SMILES string of the molecule is CCCOc1ccccc1C(=O)C1CCCC1N. The lowest BCUT2D eigenvalue weighted by Gasteiger charge is -2.16. The molecule has 0 spiro atoms. The van der Waals surface area contributed by atoms with E-state index in [0.29, 0.717) is 17.9 Å². The summed E-state index contributed by atoms with van der Waals surface area (Å²) in [7, 11) is 0. The number of Topliss-reactive ketones (excluding diaryl/α,β-unsaturated/α-hetero) is 1. The van der Waals surface area contributed by atoms with Crippen molar-refractivity contribution >= 4 is 5.78 Å². The zero-order valence-electron chi connectivity index (χ0n) is 10.9. The van der Waals surface area contributed by atoms with Crippen LogP contribution >= 0.6 is 0 Å². The van der Waals surface area contributed by atoms with Gasteiger partial charge in [-0.25, -0.2) is 0 Å². The summed E-state index contributed by atoms with van der Waals surface area (Å²) >= 11 is 0. The molecule has 2 atom stereocenters. The van der Waals surface area contributed by atoms with E-state index in [9.17, 15) is 4.79 Å². The van der Waals surface area contributed by atoms with Crippen LogP contribution in [-0.4, -0.2) is 18.4 Å². The van der Waals surface area contributed by atoms with E-state index in [0.717, 1.165) is 25.7 Å². The van der Waals surface area contributed by atoms with Crippen LogP contribution in [-0.2, 0) is 0 Å². The topological polar surface area (TPSA) is 52.3 Å². The monoisotopic (exact) mass is 247 g/mol. The minimum atomic E-state index is -0.0311. The Bertz CT molecular complexity index is 417. The molecule has 1 fully saturated rings. The third-order valence-corrected chi connectivity index (χ3v) is 3.52. The number of ether oxygens (including phenoxy) is 1. The number of carbonyl (C=O) groups is 1. The Balaban J connectivity index is 2.18. The third kappa shape index (κ3) is 2.72. The highest BCUT2D eigenvalue weighted by Crippen LogP contribution is 2.30. The van der Waals surface area contributed by atoms with Crippen molar-refractivity contribution in [3.05, 3.63) is 29.8 Å². The molecule has 2 N–H and O–H groups in total. The first-order chi connectivity index (χ1) is 8.74. The van der Waals surface area contributed by atoms with Gasteiger partial charge in [-0.05, 0) is 31.4 Å². The van der Waals surface area contributed by atoms with Crippen molar-refractivity contribution in [2.75, 3.05) is 6.61 Å². The van der Waals surface area contributed by atoms with Crippen LogP contribution in [0.1, 0.15) is 43.0 Å². The smallest absolute Gasteiger partial charge is 0.171 e. The van der Waals surface area contributed by atoms with Crippen molar-refractivity contribution in [3.63, 3.8) is 0 Å². The fraction of sp³-hybridized carbons (Fsp3) is 0.533. The van der Waals surface area contributed by atoms with Crippen LogP contribution in [0.5, 0.6) is 5.75 Å². The molecular weight excluding hydrogens is 226 g/mol. The zero-order chi connectivity index (χ0) is 13.0. The van der Waals surface area contributed by atoms with Gasteiger partial charge in [0.1, 0.15) is 5.75 Å². The molecule has 0 bridgehead atoms. The molecule has 1 aliphatic rings. The van der Waals surface area contributed by atoms with Crippen molar-refractivity contribution in [1.82, 2.24) is 0 Å². The largest absolute Gasteiger partial charge is 0.493 e. The summed E-state index contributed by atoms with van der Waals surface area (Å²) in [4.78, 5) is 12.5. The van der Waals surface area contributed by atoms with E-state index in [1.54, 1.807) is 0 Å². The Morgan fingerprint density at radius 2 is 2.17 bits per heavy atom. The van der Waals surface area contributed by atoms with E-state index in [2.05, 4.69) is 6.92 Å². The third-order valence-electron chi connectivity index (χ3n) is 3.52. The van der Waals surface area contributed by atoms with Crippen LogP contribution in [0.25, 0.3) is 0 Å². The highest BCUT2D eigenvalue weighted by atomic mass is 16.5. The molecule has 2 rings (SSSR count). The lowest BCUT2D eigenvalue weighted by atomic mass is 9.93. The van der Waals surface area contributed by atoms with E-state index >= 15 is 0 Å². The van der Waals surface area contributed by atoms with Crippen LogP contribution in [0.2, 0.25) is 0 Å². The number of para-hydroxylation sites is 1. The van der Waals surface area contributed by atoms with Gasteiger partial charge < -0.3 is 10.5 Å². The number of benzene rings is 1. The summed E-state index contributed by atoms with van der Waals surface area (Å²) in [5.74, 6) is 0.812. The number of rotatable bonds is 5. The average molecular weight is 247 g/mol. The second kappa shape index (κ2) is 6.01. The van der Waals surface area contributed by atoms with Crippen molar-refractivity contribution in [3.8, 4) is 5.75 Å². The minimum absolute atomic E-state index is 0.0109. The molecule has 0 aliphatic heterocycles. The van der Waals surface area contributed by atoms with Gasteiger partial charge >= 0.3 is 0 Å². The first kappa shape index (κ1) is 13.1. The molecule has 0 amide bonds. The molecule has 2 unspecified atom stereocenters. The van der Waals surface area contributed by atoms with Crippen LogP contribution in [0, 0.1) is 5.92 Å². The molecule has 0 saturated heterocycles. The molecule has 3 heteroatoms. The number of hydrogen-bond acceptors (Lipinski definition) is 3. The maximum atomic E-state index is 12.5. The average Bonchev–Trinajstić information content (AvgIpc) is 2.82. The summed E-state index contributed by atoms with van der Waals surface area (Å²) in [5, 5.41) is 0. The maximum Gasteiger partial charge on any atom is 0.171 e. The van der Waals surface area contributed by atoms with Gasteiger partial charge in [0.25, 0.3) is 0 Å². The number of carbonyl (C=O) groups excluding carboxylic acids is 1. The lowest BCUT2D eigenvalue weighted by Crippen LogP contribution is -2.30. The van der Waals surface area contributed by atoms with Crippen molar-refractivity contribution < 1.29 is 9.53 Å². The molecule has 98 valence electrons. The van der Waals surface area contributed by atoms with E-state index in [1.165, 1.54) is 0 Å². The van der Waals surface area contributed by atoms with Gasteiger partial charge in [0, 0.05) is 12.0 Å². The quantitative estimate of drug-likeness (QED) is 0.814. The Hall–Kier alpha value is -1.35. The Labute approximate surface area is 108 Å². The molecule has 0 heterocycles. The highest BCUT2D eigenvalue weighted by Gasteiger charge is 2.32. The molecule has 0 aromatic heterocycles. The van der Waals surface area contributed by atoms with Gasteiger partial charge in [-0.3, -0.25) is 4.79 Å². The van der Waals surface area contributed by atoms with Crippen molar-refractivity contribution in [1.29, 1.82) is 0 Å². The van der Waals surface area contributed by atoms with Gasteiger partial charge in [-0.15, -0.1) is 0 Å². The lowest BCUT2D eigenvalue weighted by molar-refractivity contribution is 0.0909. The van der Waals surface area contributed by atoms with Crippen LogP contribution < -0.4 is 10.5 Å². The van der Waals surface area contributed by atoms with E-state index in [-0.39, 0.29) is 17.7 Å². The van der Waals surface area contributed by atoms with Crippen LogP contribution in [0.15, 0.2) is 24.3 Å². The fourth-order valence-corrected chi connectivity index (χ4v) is 2.52. The molecule has 18 heavy (non-hydrogen) atoms. The second-order valence-corrected chi connectivity index (χ2v) is 4.91. The van der Waals surface area contributed by atoms with E-state index < -0.39 is 0 Å². The van der Waals surface area contributed by atoms with Crippen molar-refractivity contribution in [2.45, 2.75) is 38.6 Å². The highest BCUT2D eigenvalue weighted by molar-refractivity contribution is 6.00. The van der Waals surface area contributed by atoms with Gasteiger partial charge in [0.15, 0.2) is 5.78 Å².